The molecule has 9 nitrogen and oxygen atoms in total. The summed E-state index contributed by atoms with van der Waals surface area (Å²) in [6, 6.07) is 7.24. The molecule has 2 heterocycles. The number of carbonyl (C=O) groups is 1. The lowest BCUT2D eigenvalue weighted by Crippen LogP contribution is -2.32. The Hall–Kier alpha value is -3.49. The number of hydrogen-bond donors (Lipinski definition) is 1. The molecule has 0 aliphatic heterocycles. The van der Waals surface area contributed by atoms with Gasteiger partial charge < -0.3 is 9.73 Å². The van der Waals surface area contributed by atoms with Crippen LogP contribution in [0.5, 0.6) is 0 Å². The molecule has 0 saturated carbocycles. The van der Waals surface area contributed by atoms with Crippen LogP contribution >= 0.6 is 0 Å². The fourth-order valence-corrected chi connectivity index (χ4v) is 2.18. The molecule has 0 radical (unpaired) electrons. The van der Waals surface area contributed by atoms with E-state index in [-0.39, 0.29) is 24.2 Å². The minimum absolute atomic E-state index is 0.0885. The van der Waals surface area contributed by atoms with Crippen molar-refractivity contribution >= 4 is 22.5 Å². The number of non-ortho nitro benzene ring substituents is 1. The monoisotopic (exact) mass is 328 g/mol. The Balaban J connectivity index is 1.81. The zero-order chi connectivity index (χ0) is 17.1. The standard InChI is InChI=1S/C15H12N4O5/c20-14(16-7-11-2-1-5-24-11)8-18-9-17-13-4-3-10(19(22)23)6-12(13)15(18)21/h1-6,9H,7-8H2,(H,16,20). The molecule has 9 heteroatoms. The summed E-state index contributed by atoms with van der Waals surface area (Å²) in [7, 11) is 0. The lowest BCUT2D eigenvalue weighted by molar-refractivity contribution is -0.384. The van der Waals surface area contributed by atoms with Crippen molar-refractivity contribution in [3.05, 3.63) is 69.2 Å². The number of benzene rings is 1. The molecule has 0 unspecified atom stereocenters. The zero-order valence-corrected chi connectivity index (χ0v) is 12.3. The molecule has 0 spiro atoms. The third-order valence-corrected chi connectivity index (χ3v) is 3.37. The Kier molecular flexibility index (Phi) is 4.06. The summed E-state index contributed by atoms with van der Waals surface area (Å²) in [5, 5.41) is 13.5. The average molecular weight is 328 g/mol. The van der Waals surface area contributed by atoms with Gasteiger partial charge in [0, 0.05) is 12.1 Å². The summed E-state index contributed by atoms with van der Waals surface area (Å²) in [6.45, 7) is -0.0434. The first-order valence-electron chi connectivity index (χ1n) is 6.97. The van der Waals surface area contributed by atoms with Crippen LogP contribution in [0.3, 0.4) is 0 Å². The topological polar surface area (TPSA) is 120 Å². The van der Waals surface area contributed by atoms with Crippen molar-refractivity contribution in [2.24, 2.45) is 0 Å². The second-order valence-electron chi connectivity index (χ2n) is 4.99. The van der Waals surface area contributed by atoms with E-state index in [4.69, 9.17) is 4.42 Å². The number of carbonyl (C=O) groups excluding carboxylic acids is 1. The SMILES string of the molecule is O=C(Cn1cnc2ccc([N+](=O)[O-])cc2c1=O)NCc1ccco1. The first kappa shape index (κ1) is 15.4. The molecule has 3 aromatic rings. The van der Waals surface area contributed by atoms with Crippen LogP contribution in [0.2, 0.25) is 0 Å². The quantitative estimate of drug-likeness (QED) is 0.555. The van der Waals surface area contributed by atoms with Gasteiger partial charge in [0.25, 0.3) is 11.2 Å². The van der Waals surface area contributed by atoms with Gasteiger partial charge in [-0.25, -0.2) is 4.98 Å². The molecule has 0 atom stereocenters. The van der Waals surface area contributed by atoms with Crippen molar-refractivity contribution < 1.29 is 14.1 Å². The molecule has 0 saturated heterocycles. The van der Waals surface area contributed by atoms with E-state index < -0.39 is 16.4 Å². The van der Waals surface area contributed by atoms with Crippen molar-refractivity contribution in [3.8, 4) is 0 Å². The molecule has 2 aromatic heterocycles. The summed E-state index contributed by atoms with van der Waals surface area (Å²) >= 11 is 0. The minimum atomic E-state index is -0.591. The number of aromatic nitrogens is 2. The van der Waals surface area contributed by atoms with Gasteiger partial charge in [-0.2, -0.15) is 0 Å². The summed E-state index contributed by atoms with van der Waals surface area (Å²) in [5.74, 6) is 0.183. The number of nitro benzene ring substituents is 1. The van der Waals surface area contributed by atoms with Gasteiger partial charge in [-0.05, 0) is 18.2 Å². The number of hydrogen-bond acceptors (Lipinski definition) is 6. The molecular weight excluding hydrogens is 316 g/mol. The van der Waals surface area contributed by atoms with Gasteiger partial charge in [0.1, 0.15) is 12.3 Å². The van der Waals surface area contributed by atoms with Crippen LogP contribution in [0, 0.1) is 10.1 Å². The van der Waals surface area contributed by atoms with Crippen LogP contribution in [0.15, 0.2) is 52.1 Å². The van der Waals surface area contributed by atoms with Gasteiger partial charge in [-0.3, -0.25) is 24.3 Å². The highest BCUT2D eigenvalue weighted by molar-refractivity contribution is 5.80. The molecule has 0 aliphatic carbocycles. The van der Waals surface area contributed by atoms with Crippen LogP contribution in [0.1, 0.15) is 5.76 Å². The van der Waals surface area contributed by atoms with Crippen molar-refractivity contribution in [1.29, 1.82) is 0 Å². The summed E-state index contributed by atoms with van der Waals surface area (Å²) < 4.78 is 6.19. The first-order chi connectivity index (χ1) is 11.5. The highest BCUT2D eigenvalue weighted by Gasteiger charge is 2.12. The van der Waals surface area contributed by atoms with Gasteiger partial charge in [-0.15, -0.1) is 0 Å². The highest BCUT2D eigenvalue weighted by atomic mass is 16.6. The number of rotatable bonds is 5. The van der Waals surface area contributed by atoms with E-state index in [2.05, 4.69) is 10.3 Å². The molecule has 0 fully saturated rings. The summed E-state index contributed by atoms with van der Waals surface area (Å²) in [5.41, 5.74) is -0.392. The number of nitro groups is 1. The second kappa shape index (κ2) is 6.32. The zero-order valence-electron chi connectivity index (χ0n) is 12.3. The normalized spacial score (nSPS) is 10.7. The van der Waals surface area contributed by atoms with Gasteiger partial charge in [0.05, 0.1) is 35.0 Å². The predicted octanol–water partition coefficient (Wildman–Crippen LogP) is 1.21. The third-order valence-electron chi connectivity index (χ3n) is 3.37. The van der Waals surface area contributed by atoms with E-state index >= 15 is 0 Å². The summed E-state index contributed by atoms with van der Waals surface area (Å²) in [6.07, 6.45) is 2.73. The first-order valence-corrected chi connectivity index (χ1v) is 6.97. The number of nitrogens with zero attached hydrogens (tertiary/aromatic N) is 3. The van der Waals surface area contributed by atoms with Gasteiger partial charge in [0.2, 0.25) is 5.91 Å². The van der Waals surface area contributed by atoms with Gasteiger partial charge in [-0.1, -0.05) is 0 Å². The Bertz CT molecular complexity index is 962. The van der Waals surface area contributed by atoms with Crippen molar-refractivity contribution in [2.75, 3.05) is 0 Å². The largest absolute Gasteiger partial charge is 0.467 e. The maximum Gasteiger partial charge on any atom is 0.270 e. The van der Waals surface area contributed by atoms with E-state index in [0.29, 0.717) is 11.3 Å². The van der Waals surface area contributed by atoms with Crippen LogP contribution < -0.4 is 10.9 Å². The minimum Gasteiger partial charge on any atom is -0.467 e. The number of nitrogens with one attached hydrogen (secondary N) is 1. The van der Waals surface area contributed by atoms with Crippen molar-refractivity contribution in [1.82, 2.24) is 14.9 Å². The van der Waals surface area contributed by atoms with Crippen LogP contribution in [-0.2, 0) is 17.9 Å². The summed E-state index contributed by atoms with van der Waals surface area (Å²) in [4.78, 5) is 38.6. The number of furan rings is 1. The van der Waals surface area contributed by atoms with E-state index in [1.807, 2.05) is 0 Å². The Labute approximate surface area is 134 Å². The lowest BCUT2D eigenvalue weighted by Gasteiger charge is -2.07. The molecular formula is C15H12N4O5. The van der Waals surface area contributed by atoms with E-state index in [0.717, 1.165) is 10.6 Å². The van der Waals surface area contributed by atoms with E-state index in [1.165, 1.54) is 24.7 Å². The highest BCUT2D eigenvalue weighted by Crippen LogP contribution is 2.16. The predicted molar refractivity (Wildman–Crippen MR) is 83.2 cm³/mol. The van der Waals surface area contributed by atoms with Crippen LogP contribution in [-0.4, -0.2) is 20.4 Å². The molecule has 0 aliphatic rings. The molecule has 122 valence electrons. The van der Waals surface area contributed by atoms with Crippen LogP contribution in [0.4, 0.5) is 5.69 Å². The fraction of sp³-hybridized carbons (Fsp3) is 0.133. The second-order valence-corrected chi connectivity index (χ2v) is 4.99. The van der Waals surface area contributed by atoms with E-state index in [1.54, 1.807) is 12.1 Å². The van der Waals surface area contributed by atoms with Crippen molar-refractivity contribution in [2.45, 2.75) is 13.1 Å². The van der Waals surface area contributed by atoms with Crippen molar-refractivity contribution in [3.63, 3.8) is 0 Å². The smallest absolute Gasteiger partial charge is 0.270 e. The lowest BCUT2D eigenvalue weighted by atomic mass is 10.2. The third kappa shape index (κ3) is 3.14. The van der Waals surface area contributed by atoms with Gasteiger partial charge >= 0.3 is 0 Å². The Morgan fingerprint density at radius 2 is 2.21 bits per heavy atom. The molecule has 0 bridgehead atoms. The molecule has 1 aromatic carbocycles. The molecule has 3 rings (SSSR count). The maximum absolute atomic E-state index is 12.4. The Morgan fingerprint density at radius 1 is 1.38 bits per heavy atom. The van der Waals surface area contributed by atoms with Crippen LogP contribution in [0.25, 0.3) is 10.9 Å². The molecule has 1 N–H and O–H groups in total. The fourth-order valence-electron chi connectivity index (χ4n) is 2.18. The maximum atomic E-state index is 12.4. The molecule has 24 heavy (non-hydrogen) atoms. The number of fused-ring (bicyclic) bond motifs is 1. The average Bonchev–Trinajstić information content (AvgIpc) is 3.09. The molecule has 1 amide bonds. The van der Waals surface area contributed by atoms with Gasteiger partial charge in [0.15, 0.2) is 0 Å². The van der Waals surface area contributed by atoms with E-state index in [9.17, 15) is 19.7 Å². The Morgan fingerprint density at radius 3 is 2.92 bits per heavy atom. The number of amides is 1.